The summed E-state index contributed by atoms with van der Waals surface area (Å²) in [5, 5.41) is 3.18. The van der Waals surface area contributed by atoms with E-state index >= 15 is 0 Å². The SMILES string of the molecule is CNCc1cccc(CN2CC3CCCCN3CC2C)n1. The van der Waals surface area contributed by atoms with Gasteiger partial charge in [-0.15, -0.1) is 0 Å². The van der Waals surface area contributed by atoms with E-state index in [9.17, 15) is 0 Å². The molecular weight excluding hydrogens is 260 g/mol. The van der Waals surface area contributed by atoms with Gasteiger partial charge in [-0.05, 0) is 45.5 Å². The second-order valence-electron chi connectivity index (χ2n) is 6.57. The monoisotopic (exact) mass is 288 g/mol. The van der Waals surface area contributed by atoms with Gasteiger partial charge in [-0.2, -0.15) is 0 Å². The van der Waals surface area contributed by atoms with Crippen molar-refractivity contribution in [2.45, 2.75) is 51.4 Å². The number of fused-ring (bicyclic) bond motifs is 1. The van der Waals surface area contributed by atoms with Gasteiger partial charge in [0.25, 0.3) is 0 Å². The fourth-order valence-electron chi connectivity index (χ4n) is 3.74. The molecule has 0 saturated carbocycles. The molecule has 2 fully saturated rings. The first-order chi connectivity index (χ1) is 10.3. The molecule has 3 rings (SSSR count). The quantitative estimate of drug-likeness (QED) is 0.916. The van der Waals surface area contributed by atoms with Crippen LogP contribution in [0.3, 0.4) is 0 Å². The summed E-state index contributed by atoms with van der Waals surface area (Å²) in [4.78, 5) is 10.1. The van der Waals surface area contributed by atoms with E-state index in [0.717, 1.165) is 24.8 Å². The van der Waals surface area contributed by atoms with Gasteiger partial charge in [-0.25, -0.2) is 0 Å². The number of hydrogen-bond acceptors (Lipinski definition) is 4. The topological polar surface area (TPSA) is 31.4 Å². The molecule has 2 atom stereocenters. The average molecular weight is 288 g/mol. The zero-order valence-corrected chi connectivity index (χ0v) is 13.4. The minimum Gasteiger partial charge on any atom is -0.314 e. The first-order valence-electron chi connectivity index (χ1n) is 8.34. The van der Waals surface area contributed by atoms with E-state index in [1.165, 1.54) is 44.6 Å². The lowest BCUT2D eigenvalue weighted by molar-refractivity contribution is 0.0105. The van der Waals surface area contributed by atoms with Crippen molar-refractivity contribution in [3.05, 3.63) is 29.6 Å². The Labute approximate surface area is 128 Å². The Morgan fingerprint density at radius 2 is 2.10 bits per heavy atom. The molecule has 0 amide bonds. The van der Waals surface area contributed by atoms with Gasteiger partial charge in [0, 0.05) is 38.3 Å². The van der Waals surface area contributed by atoms with E-state index < -0.39 is 0 Å². The van der Waals surface area contributed by atoms with Crippen LogP contribution in [0.2, 0.25) is 0 Å². The van der Waals surface area contributed by atoms with E-state index in [-0.39, 0.29) is 0 Å². The number of piperazine rings is 1. The Bertz CT molecular complexity index is 462. The summed E-state index contributed by atoms with van der Waals surface area (Å²) in [7, 11) is 1.97. The molecule has 0 aliphatic carbocycles. The molecule has 2 unspecified atom stereocenters. The molecule has 1 N–H and O–H groups in total. The molecule has 116 valence electrons. The van der Waals surface area contributed by atoms with Crippen molar-refractivity contribution in [2.75, 3.05) is 26.7 Å². The van der Waals surface area contributed by atoms with Crippen molar-refractivity contribution in [1.29, 1.82) is 0 Å². The molecule has 2 aliphatic heterocycles. The molecule has 3 heterocycles. The highest BCUT2D eigenvalue weighted by molar-refractivity contribution is 5.11. The molecule has 1 aromatic rings. The minimum absolute atomic E-state index is 0.633. The largest absolute Gasteiger partial charge is 0.314 e. The summed E-state index contributed by atoms with van der Waals surface area (Å²) in [6.45, 7) is 7.93. The highest BCUT2D eigenvalue weighted by Gasteiger charge is 2.32. The highest BCUT2D eigenvalue weighted by atomic mass is 15.3. The van der Waals surface area contributed by atoms with Crippen molar-refractivity contribution in [2.24, 2.45) is 0 Å². The van der Waals surface area contributed by atoms with Gasteiger partial charge in [-0.3, -0.25) is 14.8 Å². The predicted octanol–water partition coefficient (Wildman–Crippen LogP) is 1.86. The molecule has 4 heteroatoms. The maximum Gasteiger partial charge on any atom is 0.0548 e. The van der Waals surface area contributed by atoms with Gasteiger partial charge in [0.05, 0.1) is 11.4 Å². The minimum atomic E-state index is 0.633. The maximum atomic E-state index is 4.78. The lowest BCUT2D eigenvalue weighted by Crippen LogP contribution is -2.58. The van der Waals surface area contributed by atoms with Crippen molar-refractivity contribution < 1.29 is 0 Å². The Morgan fingerprint density at radius 3 is 2.95 bits per heavy atom. The van der Waals surface area contributed by atoms with Gasteiger partial charge < -0.3 is 5.32 Å². The molecule has 0 bridgehead atoms. The Balaban J connectivity index is 1.65. The Hall–Kier alpha value is -0.970. The third-order valence-electron chi connectivity index (χ3n) is 4.90. The van der Waals surface area contributed by atoms with E-state index in [0.29, 0.717) is 6.04 Å². The van der Waals surface area contributed by atoms with Crippen LogP contribution >= 0.6 is 0 Å². The summed E-state index contributed by atoms with van der Waals surface area (Å²) in [6.07, 6.45) is 4.16. The molecule has 2 saturated heterocycles. The number of aromatic nitrogens is 1. The molecule has 0 radical (unpaired) electrons. The van der Waals surface area contributed by atoms with Crippen LogP contribution in [-0.2, 0) is 13.1 Å². The maximum absolute atomic E-state index is 4.78. The van der Waals surface area contributed by atoms with Crippen molar-refractivity contribution in [3.8, 4) is 0 Å². The average Bonchev–Trinajstić information content (AvgIpc) is 2.49. The van der Waals surface area contributed by atoms with Crippen molar-refractivity contribution >= 4 is 0 Å². The van der Waals surface area contributed by atoms with Gasteiger partial charge in [0.2, 0.25) is 0 Å². The van der Waals surface area contributed by atoms with Crippen LogP contribution in [0.5, 0.6) is 0 Å². The zero-order chi connectivity index (χ0) is 14.7. The Kier molecular flexibility index (Phi) is 4.88. The van der Waals surface area contributed by atoms with Crippen LogP contribution in [0.4, 0.5) is 0 Å². The normalized spacial score (nSPS) is 27.5. The molecule has 1 aromatic heterocycles. The lowest BCUT2D eigenvalue weighted by atomic mass is 9.97. The second kappa shape index (κ2) is 6.86. The van der Waals surface area contributed by atoms with Gasteiger partial charge in [-0.1, -0.05) is 12.5 Å². The standard InChI is InChI=1S/C17H28N4/c1-14-11-20-9-4-3-8-17(20)13-21(14)12-16-7-5-6-15(19-16)10-18-2/h5-7,14,17-18H,3-4,8-13H2,1-2H3. The number of rotatable bonds is 4. The van der Waals surface area contributed by atoms with E-state index in [1.807, 2.05) is 7.05 Å². The summed E-state index contributed by atoms with van der Waals surface area (Å²) in [6, 6.07) is 7.81. The first kappa shape index (κ1) is 14.9. The molecule has 21 heavy (non-hydrogen) atoms. The van der Waals surface area contributed by atoms with Crippen LogP contribution in [0, 0.1) is 0 Å². The number of nitrogens with zero attached hydrogens (tertiary/aromatic N) is 3. The Morgan fingerprint density at radius 1 is 1.24 bits per heavy atom. The third-order valence-corrected chi connectivity index (χ3v) is 4.90. The summed E-state index contributed by atoms with van der Waals surface area (Å²) >= 11 is 0. The molecule has 0 aromatic carbocycles. The number of piperidine rings is 1. The van der Waals surface area contributed by atoms with Crippen LogP contribution < -0.4 is 5.32 Å². The fourth-order valence-corrected chi connectivity index (χ4v) is 3.74. The van der Waals surface area contributed by atoms with Gasteiger partial charge >= 0.3 is 0 Å². The van der Waals surface area contributed by atoms with E-state index in [4.69, 9.17) is 4.98 Å². The molecule has 0 spiro atoms. The fraction of sp³-hybridized carbons (Fsp3) is 0.706. The van der Waals surface area contributed by atoms with E-state index in [2.05, 4.69) is 40.2 Å². The molecular formula is C17H28N4. The van der Waals surface area contributed by atoms with E-state index in [1.54, 1.807) is 0 Å². The number of nitrogens with one attached hydrogen (secondary N) is 1. The molecule has 2 aliphatic rings. The van der Waals surface area contributed by atoms with Crippen LogP contribution in [0.25, 0.3) is 0 Å². The van der Waals surface area contributed by atoms with Crippen molar-refractivity contribution in [3.63, 3.8) is 0 Å². The smallest absolute Gasteiger partial charge is 0.0548 e. The highest BCUT2D eigenvalue weighted by Crippen LogP contribution is 2.24. The summed E-state index contributed by atoms with van der Waals surface area (Å²) in [5.41, 5.74) is 2.35. The van der Waals surface area contributed by atoms with Crippen LogP contribution in [0.1, 0.15) is 37.6 Å². The van der Waals surface area contributed by atoms with Crippen LogP contribution in [0.15, 0.2) is 18.2 Å². The third kappa shape index (κ3) is 3.62. The lowest BCUT2D eigenvalue weighted by Gasteiger charge is -2.47. The summed E-state index contributed by atoms with van der Waals surface area (Å²) in [5.74, 6) is 0. The van der Waals surface area contributed by atoms with Crippen LogP contribution in [-0.4, -0.2) is 53.5 Å². The second-order valence-corrected chi connectivity index (χ2v) is 6.57. The van der Waals surface area contributed by atoms with Gasteiger partial charge in [0.1, 0.15) is 0 Å². The number of pyridine rings is 1. The van der Waals surface area contributed by atoms with Crippen molar-refractivity contribution in [1.82, 2.24) is 20.1 Å². The first-order valence-corrected chi connectivity index (χ1v) is 8.34. The van der Waals surface area contributed by atoms with Gasteiger partial charge in [0.15, 0.2) is 0 Å². The predicted molar refractivity (Wildman–Crippen MR) is 86.1 cm³/mol. The summed E-state index contributed by atoms with van der Waals surface area (Å²) < 4.78 is 0. The zero-order valence-electron chi connectivity index (χ0n) is 13.4. The number of hydrogen-bond donors (Lipinski definition) is 1. The molecule has 4 nitrogen and oxygen atoms in total.